The summed E-state index contributed by atoms with van der Waals surface area (Å²) >= 11 is 0. The van der Waals surface area contributed by atoms with Crippen molar-refractivity contribution in [2.75, 3.05) is 6.54 Å². The molecule has 0 aromatic heterocycles. The molecule has 3 N–H and O–H groups in total. The van der Waals surface area contributed by atoms with Crippen molar-refractivity contribution >= 4 is 5.91 Å². The smallest absolute Gasteiger partial charge is 0.255 e. The lowest BCUT2D eigenvalue weighted by Gasteiger charge is -2.16. The number of phenolic OH excluding ortho intramolecular Hbond substituents is 2. The molecule has 4 nitrogen and oxygen atoms in total. The lowest BCUT2D eigenvalue weighted by atomic mass is 9.98. The maximum atomic E-state index is 12.0. The van der Waals surface area contributed by atoms with Gasteiger partial charge in [0.25, 0.3) is 5.91 Å². The van der Waals surface area contributed by atoms with E-state index in [1.807, 2.05) is 0 Å². The summed E-state index contributed by atoms with van der Waals surface area (Å²) < 4.78 is 0. The highest BCUT2D eigenvalue weighted by Crippen LogP contribution is 2.48. The van der Waals surface area contributed by atoms with Gasteiger partial charge in [0.05, 0.1) is 5.56 Å². The highest BCUT2D eigenvalue weighted by molar-refractivity contribution is 5.97. The summed E-state index contributed by atoms with van der Waals surface area (Å²) in [7, 11) is 0. The molecule has 0 bridgehead atoms. The van der Waals surface area contributed by atoms with Gasteiger partial charge >= 0.3 is 0 Å². The van der Waals surface area contributed by atoms with E-state index < -0.39 is 0 Å². The molecular formula is C15H19NO3. The first-order valence-corrected chi connectivity index (χ1v) is 6.96. The summed E-state index contributed by atoms with van der Waals surface area (Å²) in [6.45, 7) is 0.684. The van der Waals surface area contributed by atoms with Crippen LogP contribution in [0.15, 0.2) is 18.2 Å². The molecule has 0 atom stereocenters. The van der Waals surface area contributed by atoms with Crippen LogP contribution in [0.3, 0.4) is 0 Å². The van der Waals surface area contributed by atoms with E-state index in [1.165, 1.54) is 37.8 Å². The van der Waals surface area contributed by atoms with E-state index in [2.05, 4.69) is 5.32 Å². The number of rotatable bonds is 5. The second-order valence-electron chi connectivity index (χ2n) is 5.72. The molecule has 0 saturated heterocycles. The average Bonchev–Trinajstić information content (AvgIpc) is 3.26. The molecule has 0 spiro atoms. The van der Waals surface area contributed by atoms with Crippen LogP contribution in [0.4, 0.5) is 0 Å². The Balaban J connectivity index is 1.62. The van der Waals surface area contributed by atoms with E-state index in [9.17, 15) is 15.0 Å². The van der Waals surface area contributed by atoms with Crippen LogP contribution >= 0.6 is 0 Å². The Labute approximate surface area is 112 Å². The third-order valence-electron chi connectivity index (χ3n) is 4.21. The van der Waals surface area contributed by atoms with E-state index in [0.29, 0.717) is 12.5 Å². The van der Waals surface area contributed by atoms with Crippen molar-refractivity contribution < 1.29 is 15.0 Å². The Kier molecular flexibility index (Phi) is 3.09. The van der Waals surface area contributed by atoms with Crippen LogP contribution in [-0.2, 0) is 0 Å². The first-order valence-electron chi connectivity index (χ1n) is 6.96. The van der Waals surface area contributed by atoms with Gasteiger partial charge in [-0.15, -0.1) is 0 Å². The maximum Gasteiger partial charge on any atom is 0.255 e. The molecule has 0 unspecified atom stereocenters. The van der Waals surface area contributed by atoms with E-state index in [0.717, 1.165) is 11.8 Å². The second-order valence-corrected chi connectivity index (χ2v) is 5.72. The van der Waals surface area contributed by atoms with Gasteiger partial charge in [-0.05, 0) is 55.6 Å². The largest absolute Gasteiger partial charge is 0.504 e. The number of amides is 1. The molecule has 2 fully saturated rings. The van der Waals surface area contributed by atoms with Gasteiger partial charge in [0, 0.05) is 6.54 Å². The van der Waals surface area contributed by atoms with Crippen LogP contribution in [0, 0.1) is 17.8 Å². The molecule has 1 aromatic rings. The molecular weight excluding hydrogens is 242 g/mol. The average molecular weight is 261 g/mol. The van der Waals surface area contributed by atoms with E-state index in [-0.39, 0.29) is 23.0 Å². The highest BCUT2D eigenvalue weighted by Gasteiger charge is 2.41. The van der Waals surface area contributed by atoms with Gasteiger partial charge < -0.3 is 15.5 Å². The number of carbonyl (C=O) groups excluding carboxylic acids is 1. The van der Waals surface area contributed by atoms with Crippen molar-refractivity contribution in [2.45, 2.75) is 25.7 Å². The molecule has 2 saturated carbocycles. The number of aromatic hydroxyl groups is 2. The SMILES string of the molecule is O=C(NCC(C1CC1)C1CC1)c1cccc(O)c1O. The van der Waals surface area contributed by atoms with Crippen LogP contribution in [-0.4, -0.2) is 22.7 Å². The van der Waals surface area contributed by atoms with Crippen LogP contribution in [0.5, 0.6) is 11.5 Å². The van der Waals surface area contributed by atoms with Crippen molar-refractivity contribution in [3.63, 3.8) is 0 Å². The lowest BCUT2D eigenvalue weighted by molar-refractivity contribution is 0.0940. The summed E-state index contributed by atoms with van der Waals surface area (Å²) in [4.78, 5) is 12.0. The van der Waals surface area contributed by atoms with Gasteiger partial charge in [-0.25, -0.2) is 0 Å². The van der Waals surface area contributed by atoms with Gasteiger partial charge in [-0.2, -0.15) is 0 Å². The van der Waals surface area contributed by atoms with E-state index in [4.69, 9.17) is 0 Å². The van der Waals surface area contributed by atoms with Gasteiger partial charge in [0.1, 0.15) is 0 Å². The van der Waals surface area contributed by atoms with Crippen molar-refractivity contribution in [3.8, 4) is 11.5 Å². The predicted octanol–water partition coefficient (Wildman–Crippen LogP) is 2.26. The zero-order chi connectivity index (χ0) is 13.4. The molecule has 19 heavy (non-hydrogen) atoms. The predicted molar refractivity (Wildman–Crippen MR) is 71.0 cm³/mol. The van der Waals surface area contributed by atoms with Crippen LogP contribution < -0.4 is 5.32 Å². The third-order valence-corrected chi connectivity index (χ3v) is 4.21. The number of para-hydroxylation sites is 1. The Morgan fingerprint density at radius 1 is 1.21 bits per heavy atom. The number of hydrogen-bond acceptors (Lipinski definition) is 3. The minimum atomic E-state index is -0.339. The molecule has 0 heterocycles. The van der Waals surface area contributed by atoms with E-state index in [1.54, 1.807) is 6.07 Å². The molecule has 4 heteroatoms. The maximum absolute atomic E-state index is 12.0. The quantitative estimate of drug-likeness (QED) is 0.712. The first kappa shape index (κ1) is 12.3. The highest BCUT2D eigenvalue weighted by atomic mass is 16.3. The minimum absolute atomic E-state index is 0.144. The monoisotopic (exact) mass is 261 g/mol. The molecule has 0 aliphatic heterocycles. The fourth-order valence-electron chi connectivity index (χ4n) is 2.79. The Morgan fingerprint density at radius 3 is 2.42 bits per heavy atom. The second kappa shape index (κ2) is 4.76. The molecule has 1 amide bonds. The fourth-order valence-corrected chi connectivity index (χ4v) is 2.79. The number of hydrogen-bond donors (Lipinski definition) is 3. The zero-order valence-corrected chi connectivity index (χ0v) is 10.8. The topological polar surface area (TPSA) is 69.6 Å². The minimum Gasteiger partial charge on any atom is -0.504 e. The summed E-state index contributed by atoms with van der Waals surface area (Å²) in [6, 6.07) is 4.44. The lowest BCUT2D eigenvalue weighted by Crippen LogP contribution is -2.31. The molecule has 0 radical (unpaired) electrons. The molecule has 3 rings (SSSR count). The fraction of sp³-hybridized carbons (Fsp3) is 0.533. The summed E-state index contributed by atoms with van der Waals surface area (Å²) in [5, 5.41) is 22.0. The number of phenols is 2. The number of nitrogens with one attached hydrogen (secondary N) is 1. The Bertz CT molecular complexity index is 480. The van der Waals surface area contributed by atoms with Crippen molar-refractivity contribution in [1.82, 2.24) is 5.32 Å². The molecule has 1 aromatic carbocycles. The van der Waals surface area contributed by atoms with E-state index >= 15 is 0 Å². The van der Waals surface area contributed by atoms with Crippen molar-refractivity contribution in [3.05, 3.63) is 23.8 Å². The van der Waals surface area contributed by atoms with Gasteiger partial charge in [-0.1, -0.05) is 6.07 Å². The molecule has 2 aliphatic rings. The van der Waals surface area contributed by atoms with Crippen LogP contribution in [0.25, 0.3) is 0 Å². The standard InChI is InChI=1S/C15H19NO3/c17-13-3-1-2-11(14(13)18)15(19)16-8-12(9-4-5-9)10-6-7-10/h1-3,9-10,12,17-18H,4-8H2,(H,16,19). The van der Waals surface area contributed by atoms with Gasteiger partial charge in [0.2, 0.25) is 0 Å². The number of benzene rings is 1. The first-order chi connectivity index (χ1) is 9.16. The Hall–Kier alpha value is -1.71. The van der Waals surface area contributed by atoms with Gasteiger partial charge in [0.15, 0.2) is 11.5 Å². The van der Waals surface area contributed by atoms with Crippen molar-refractivity contribution in [1.29, 1.82) is 0 Å². The number of carbonyl (C=O) groups is 1. The Morgan fingerprint density at radius 2 is 1.84 bits per heavy atom. The zero-order valence-electron chi connectivity index (χ0n) is 10.8. The summed E-state index contributed by atoms with van der Waals surface area (Å²) in [6.07, 6.45) is 5.14. The molecule has 102 valence electrons. The van der Waals surface area contributed by atoms with Crippen LogP contribution in [0.1, 0.15) is 36.0 Å². The summed E-state index contributed by atoms with van der Waals surface area (Å²) in [5.41, 5.74) is 0.144. The van der Waals surface area contributed by atoms with Gasteiger partial charge in [-0.3, -0.25) is 4.79 Å². The van der Waals surface area contributed by atoms with Crippen LogP contribution in [0.2, 0.25) is 0 Å². The third kappa shape index (κ3) is 2.67. The molecule has 2 aliphatic carbocycles. The summed E-state index contributed by atoms with van der Waals surface area (Å²) in [5.74, 6) is 1.27. The normalized spacial score (nSPS) is 18.6. The van der Waals surface area contributed by atoms with Crippen molar-refractivity contribution in [2.24, 2.45) is 17.8 Å².